The molecule has 0 aromatic heterocycles. The summed E-state index contributed by atoms with van der Waals surface area (Å²) in [7, 11) is 1.36. The molecule has 1 saturated heterocycles. The van der Waals surface area contributed by atoms with E-state index in [-0.39, 0.29) is 23.9 Å². The minimum atomic E-state index is -0.375. The van der Waals surface area contributed by atoms with Crippen molar-refractivity contribution >= 4 is 35.1 Å². The summed E-state index contributed by atoms with van der Waals surface area (Å²) in [6.45, 7) is 5.12. The second-order valence-corrected chi connectivity index (χ2v) is 9.83. The molecule has 1 atom stereocenters. The van der Waals surface area contributed by atoms with E-state index in [0.717, 1.165) is 11.1 Å². The van der Waals surface area contributed by atoms with Crippen LogP contribution in [0.25, 0.3) is 0 Å². The van der Waals surface area contributed by atoms with Gasteiger partial charge in [-0.3, -0.25) is 9.69 Å². The van der Waals surface area contributed by atoms with Gasteiger partial charge in [-0.2, -0.15) is 0 Å². The predicted molar refractivity (Wildman–Crippen MR) is 150 cm³/mol. The number of benzene rings is 3. The van der Waals surface area contributed by atoms with Gasteiger partial charge in [-0.25, -0.2) is 9.59 Å². The van der Waals surface area contributed by atoms with E-state index in [2.05, 4.69) is 10.2 Å². The third-order valence-corrected chi connectivity index (χ3v) is 6.95. The first-order valence-electron chi connectivity index (χ1n) is 12.8. The SMILES string of the molecule is COC(=O)c1ccc(COC(CN2CCN(C(=O)Nc3ccc(C(C)=O)cc3)CC2)c2ccc(Cl)cc2)cc1. The average Bonchev–Trinajstić information content (AvgIpc) is 2.96. The minimum Gasteiger partial charge on any atom is -0.465 e. The number of Topliss-reactive ketones (excluding diaryl/α,β-unsaturated/α-hetero) is 1. The van der Waals surface area contributed by atoms with Crippen molar-refractivity contribution in [3.05, 3.63) is 100 Å². The van der Waals surface area contributed by atoms with Gasteiger partial charge < -0.3 is 19.7 Å². The largest absolute Gasteiger partial charge is 0.465 e. The van der Waals surface area contributed by atoms with E-state index in [4.69, 9.17) is 21.1 Å². The number of methoxy groups -OCH3 is 1. The predicted octanol–water partition coefficient (Wildman–Crippen LogP) is 5.44. The molecular weight excluding hydrogens is 518 g/mol. The zero-order chi connectivity index (χ0) is 27.8. The highest BCUT2D eigenvalue weighted by atomic mass is 35.5. The number of anilines is 1. The van der Waals surface area contributed by atoms with E-state index < -0.39 is 0 Å². The Labute approximate surface area is 233 Å². The van der Waals surface area contributed by atoms with E-state index >= 15 is 0 Å². The maximum absolute atomic E-state index is 12.8. The lowest BCUT2D eigenvalue weighted by Gasteiger charge is -2.36. The lowest BCUT2D eigenvalue weighted by atomic mass is 10.1. The Morgan fingerprint density at radius 3 is 2.08 bits per heavy atom. The first-order valence-corrected chi connectivity index (χ1v) is 13.1. The number of halogens is 1. The number of piperazine rings is 1. The number of hydrogen-bond acceptors (Lipinski definition) is 6. The number of ether oxygens (including phenoxy) is 2. The van der Waals surface area contributed by atoms with Gasteiger partial charge in [0.15, 0.2) is 5.78 Å². The van der Waals surface area contributed by atoms with Crippen LogP contribution in [0.3, 0.4) is 0 Å². The lowest BCUT2D eigenvalue weighted by Crippen LogP contribution is -2.50. The molecule has 1 aliphatic heterocycles. The molecule has 2 amide bonds. The van der Waals surface area contributed by atoms with E-state index in [1.807, 2.05) is 36.4 Å². The second-order valence-electron chi connectivity index (χ2n) is 9.39. The molecule has 1 N–H and O–H groups in total. The Morgan fingerprint density at radius 1 is 0.872 bits per heavy atom. The Hall–Kier alpha value is -3.72. The molecule has 1 aliphatic rings. The summed E-state index contributed by atoms with van der Waals surface area (Å²) in [6, 6.07) is 21.5. The van der Waals surface area contributed by atoms with Crippen molar-refractivity contribution < 1.29 is 23.9 Å². The third kappa shape index (κ3) is 7.89. The highest BCUT2D eigenvalue weighted by Gasteiger charge is 2.24. The zero-order valence-corrected chi connectivity index (χ0v) is 22.8. The van der Waals surface area contributed by atoms with Crippen LogP contribution in [-0.4, -0.2) is 67.4 Å². The molecule has 39 heavy (non-hydrogen) atoms. The van der Waals surface area contributed by atoms with Crippen LogP contribution in [0.5, 0.6) is 0 Å². The summed E-state index contributed by atoms with van der Waals surface area (Å²) in [5.74, 6) is -0.387. The molecule has 204 valence electrons. The van der Waals surface area contributed by atoms with Crippen LogP contribution in [0, 0.1) is 0 Å². The van der Waals surface area contributed by atoms with Gasteiger partial charge in [-0.05, 0) is 66.6 Å². The second kappa shape index (κ2) is 13.4. The standard InChI is InChI=1S/C30H32ClN3O5/c1-21(35)23-9-13-27(14-10-23)32-30(37)34-17-15-33(16-18-34)19-28(24-7-11-26(31)12-8-24)39-20-22-3-5-25(6-4-22)29(36)38-2/h3-14,28H,15-20H2,1-2H3,(H,32,37). The van der Waals surface area contributed by atoms with Gasteiger partial charge in [0.05, 0.1) is 25.4 Å². The van der Waals surface area contributed by atoms with Crippen molar-refractivity contribution in [3.8, 4) is 0 Å². The van der Waals surface area contributed by atoms with Crippen LogP contribution in [-0.2, 0) is 16.1 Å². The number of nitrogens with zero attached hydrogens (tertiary/aromatic N) is 2. The molecule has 0 bridgehead atoms. The minimum absolute atomic E-state index is 0.0126. The number of rotatable bonds is 9. The average molecular weight is 550 g/mol. The first kappa shape index (κ1) is 28.3. The van der Waals surface area contributed by atoms with Gasteiger partial charge in [0.25, 0.3) is 0 Å². The van der Waals surface area contributed by atoms with Gasteiger partial charge in [0, 0.05) is 49.0 Å². The van der Waals surface area contributed by atoms with E-state index in [0.29, 0.717) is 61.2 Å². The number of carbonyl (C=O) groups excluding carboxylic acids is 3. The quantitative estimate of drug-likeness (QED) is 0.282. The Kier molecular flexibility index (Phi) is 9.70. The maximum atomic E-state index is 12.8. The Morgan fingerprint density at radius 2 is 1.49 bits per heavy atom. The topological polar surface area (TPSA) is 88.2 Å². The molecular formula is C30H32ClN3O5. The fourth-order valence-electron chi connectivity index (χ4n) is 4.34. The van der Waals surface area contributed by atoms with Crippen molar-refractivity contribution in [1.29, 1.82) is 0 Å². The first-order chi connectivity index (χ1) is 18.8. The third-order valence-electron chi connectivity index (χ3n) is 6.69. The van der Waals surface area contributed by atoms with Crippen molar-refractivity contribution in [1.82, 2.24) is 9.80 Å². The van der Waals surface area contributed by atoms with E-state index in [1.54, 1.807) is 41.3 Å². The molecule has 0 aliphatic carbocycles. The lowest BCUT2D eigenvalue weighted by molar-refractivity contribution is 0.00592. The molecule has 1 heterocycles. The van der Waals surface area contributed by atoms with Crippen LogP contribution >= 0.6 is 11.6 Å². The fraction of sp³-hybridized carbons (Fsp3) is 0.300. The number of ketones is 1. The van der Waals surface area contributed by atoms with Gasteiger partial charge in [0.1, 0.15) is 0 Å². The number of nitrogens with one attached hydrogen (secondary N) is 1. The summed E-state index contributed by atoms with van der Waals surface area (Å²) in [6.07, 6.45) is -0.206. The molecule has 1 unspecified atom stereocenters. The highest BCUT2D eigenvalue weighted by Crippen LogP contribution is 2.24. The van der Waals surface area contributed by atoms with Crippen molar-refractivity contribution in [3.63, 3.8) is 0 Å². The smallest absolute Gasteiger partial charge is 0.337 e. The fourth-order valence-corrected chi connectivity index (χ4v) is 4.47. The monoisotopic (exact) mass is 549 g/mol. The Bertz CT molecular complexity index is 1270. The highest BCUT2D eigenvalue weighted by molar-refractivity contribution is 6.30. The summed E-state index contributed by atoms with van der Waals surface area (Å²) in [5, 5.41) is 3.57. The molecule has 1 fully saturated rings. The number of amides is 2. The zero-order valence-electron chi connectivity index (χ0n) is 22.1. The normalized spacial score (nSPS) is 14.5. The Balaban J connectivity index is 1.33. The van der Waals surface area contributed by atoms with Crippen LogP contribution < -0.4 is 5.32 Å². The number of hydrogen-bond donors (Lipinski definition) is 1. The summed E-state index contributed by atoms with van der Waals surface area (Å²) in [4.78, 5) is 40.0. The summed E-state index contributed by atoms with van der Waals surface area (Å²) < 4.78 is 11.1. The van der Waals surface area contributed by atoms with Crippen LogP contribution in [0.1, 0.15) is 44.9 Å². The van der Waals surface area contributed by atoms with Crippen molar-refractivity contribution in [2.75, 3.05) is 45.2 Å². The molecule has 8 nitrogen and oxygen atoms in total. The van der Waals surface area contributed by atoms with Crippen LogP contribution in [0.2, 0.25) is 5.02 Å². The van der Waals surface area contributed by atoms with Crippen molar-refractivity contribution in [2.24, 2.45) is 0 Å². The van der Waals surface area contributed by atoms with Gasteiger partial charge in [-0.1, -0.05) is 35.9 Å². The molecule has 9 heteroatoms. The number of esters is 1. The van der Waals surface area contributed by atoms with E-state index in [9.17, 15) is 14.4 Å². The molecule has 0 saturated carbocycles. The van der Waals surface area contributed by atoms with E-state index in [1.165, 1.54) is 14.0 Å². The summed E-state index contributed by atoms with van der Waals surface area (Å²) >= 11 is 6.11. The molecule has 4 rings (SSSR count). The van der Waals surface area contributed by atoms with Crippen LogP contribution in [0.4, 0.5) is 10.5 Å². The maximum Gasteiger partial charge on any atom is 0.337 e. The molecule has 0 spiro atoms. The molecule has 3 aromatic rings. The molecule has 0 radical (unpaired) electrons. The number of urea groups is 1. The number of carbonyl (C=O) groups is 3. The van der Waals surface area contributed by atoms with Crippen LogP contribution in [0.15, 0.2) is 72.8 Å². The summed E-state index contributed by atoms with van der Waals surface area (Å²) in [5.41, 5.74) is 3.71. The van der Waals surface area contributed by atoms with Gasteiger partial charge in [-0.15, -0.1) is 0 Å². The van der Waals surface area contributed by atoms with Gasteiger partial charge in [0.2, 0.25) is 0 Å². The van der Waals surface area contributed by atoms with Gasteiger partial charge >= 0.3 is 12.0 Å². The molecule has 3 aromatic carbocycles. The van der Waals surface area contributed by atoms with Crippen molar-refractivity contribution in [2.45, 2.75) is 19.6 Å².